The van der Waals surface area contributed by atoms with E-state index in [0.29, 0.717) is 22.0 Å². The van der Waals surface area contributed by atoms with Crippen LogP contribution in [0, 0.1) is 12.8 Å². The van der Waals surface area contributed by atoms with Crippen molar-refractivity contribution in [3.05, 3.63) is 16.5 Å². The zero-order valence-corrected chi connectivity index (χ0v) is 13.7. The number of anilines is 1. The molecule has 1 aromatic heterocycles. The quantitative estimate of drug-likeness (QED) is 0.754. The minimum atomic E-state index is -3.61. The Morgan fingerprint density at radius 1 is 1.45 bits per heavy atom. The Morgan fingerprint density at radius 2 is 2.10 bits per heavy atom. The minimum absolute atomic E-state index is 0.215. The van der Waals surface area contributed by atoms with Gasteiger partial charge in [0, 0.05) is 6.54 Å². The smallest absolute Gasteiger partial charge is 0.348 e. The molecule has 0 aliphatic carbocycles. The highest BCUT2D eigenvalue weighted by atomic mass is 32.2. The fourth-order valence-electron chi connectivity index (χ4n) is 1.38. The molecule has 0 bridgehead atoms. The van der Waals surface area contributed by atoms with Crippen molar-refractivity contribution in [1.29, 1.82) is 0 Å². The molecule has 6 nitrogen and oxygen atoms in total. The fraction of sp³-hybridized carbons (Fsp3) is 0.583. The molecule has 0 aromatic carbocycles. The third kappa shape index (κ3) is 5.10. The topological polar surface area (TPSA) is 84.5 Å². The van der Waals surface area contributed by atoms with Crippen LogP contribution in [0.25, 0.3) is 0 Å². The molecule has 0 aliphatic rings. The van der Waals surface area contributed by atoms with Crippen LogP contribution in [-0.4, -0.2) is 27.5 Å². The fourth-order valence-corrected chi connectivity index (χ4v) is 3.64. The van der Waals surface area contributed by atoms with Gasteiger partial charge in [-0.05, 0) is 31.4 Å². The first-order valence-electron chi connectivity index (χ1n) is 6.30. The van der Waals surface area contributed by atoms with Gasteiger partial charge in [-0.2, -0.15) is 13.1 Å². The first kappa shape index (κ1) is 16.9. The van der Waals surface area contributed by atoms with Crippen molar-refractivity contribution < 1.29 is 17.9 Å². The van der Waals surface area contributed by atoms with Crippen LogP contribution >= 0.6 is 11.3 Å². The SMILES string of the molecule is CCOC(=O)c1sc(NS(=O)(=O)NCC(C)C)cc1C. The normalized spacial score (nSPS) is 11.7. The third-order valence-corrected chi connectivity index (χ3v) is 4.59. The van der Waals surface area contributed by atoms with Crippen LogP contribution in [0.4, 0.5) is 5.00 Å². The Hall–Kier alpha value is -1.12. The first-order valence-corrected chi connectivity index (χ1v) is 8.60. The van der Waals surface area contributed by atoms with Gasteiger partial charge in [-0.1, -0.05) is 13.8 Å². The van der Waals surface area contributed by atoms with Crippen molar-refractivity contribution in [2.45, 2.75) is 27.7 Å². The predicted octanol–water partition coefficient (Wildman–Crippen LogP) is 2.14. The zero-order valence-electron chi connectivity index (χ0n) is 12.0. The second kappa shape index (κ2) is 7.05. The summed E-state index contributed by atoms with van der Waals surface area (Å²) < 4.78 is 33.3. The molecule has 0 unspecified atom stereocenters. The van der Waals surface area contributed by atoms with Crippen LogP contribution in [0.1, 0.15) is 36.0 Å². The molecule has 1 rings (SSSR count). The molecule has 0 saturated heterocycles. The lowest BCUT2D eigenvalue weighted by Gasteiger charge is -2.09. The van der Waals surface area contributed by atoms with Crippen LogP contribution in [0.3, 0.4) is 0 Å². The number of hydrogen-bond acceptors (Lipinski definition) is 5. The summed E-state index contributed by atoms with van der Waals surface area (Å²) in [7, 11) is -3.61. The van der Waals surface area contributed by atoms with Gasteiger partial charge in [0.2, 0.25) is 0 Å². The average molecular weight is 320 g/mol. The lowest BCUT2D eigenvalue weighted by atomic mass is 10.2. The molecule has 0 fully saturated rings. The van der Waals surface area contributed by atoms with Gasteiger partial charge >= 0.3 is 5.97 Å². The summed E-state index contributed by atoms with van der Waals surface area (Å²) in [5.41, 5.74) is 0.690. The average Bonchev–Trinajstić information content (AvgIpc) is 2.67. The van der Waals surface area contributed by atoms with Crippen LogP contribution in [0.5, 0.6) is 0 Å². The maximum absolute atomic E-state index is 11.8. The van der Waals surface area contributed by atoms with E-state index in [2.05, 4.69) is 9.44 Å². The maximum Gasteiger partial charge on any atom is 0.348 e. The zero-order chi connectivity index (χ0) is 15.3. The molecule has 0 radical (unpaired) electrons. The van der Waals surface area contributed by atoms with Crippen LogP contribution in [0.15, 0.2) is 6.07 Å². The summed E-state index contributed by atoms with van der Waals surface area (Å²) in [5.74, 6) is -0.220. The van der Waals surface area contributed by atoms with Crippen molar-refractivity contribution in [1.82, 2.24) is 4.72 Å². The van der Waals surface area contributed by atoms with Gasteiger partial charge in [-0.25, -0.2) is 4.79 Å². The summed E-state index contributed by atoms with van der Waals surface area (Å²) >= 11 is 1.06. The van der Waals surface area contributed by atoms with Gasteiger partial charge in [0.15, 0.2) is 0 Å². The van der Waals surface area contributed by atoms with Gasteiger partial charge in [0.1, 0.15) is 9.88 Å². The molecule has 0 spiro atoms. The number of aryl methyl sites for hydroxylation is 1. The van der Waals surface area contributed by atoms with Crippen LogP contribution in [0.2, 0.25) is 0 Å². The van der Waals surface area contributed by atoms with Crippen molar-refractivity contribution in [2.24, 2.45) is 5.92 Å². The molecule has 0 amide bonds. The second-order valence-electron chi connectivity index (χ2n) is 4.69. The molecule has 0 aliphatic heterocycles. The maximum atomic E-state index is 11.8. The molecular formula is C12H20N2O4S2. The largest absolute Gasteiger partial charge is 0.462 e. The minimum Gasteiger partial charge on any atom is -0.462 e. The summed E-state index contributed by atoms with van der Waals surface area (Å²) in [4.78, 5) is 12.1. The number of thiophene rings is 1. The lowest BCUT2D eigenvalue weighted by Crippen LogP contribution is -2.32. The molecule has 8 heteroatoms. The van der Waals surface area contributed by atoms with Gasteiger partial charge in [-0.3, -0.25) is 4.72 Å². The highest BCUT2D eigenvalue weighted by molar-refractivity contribution is 7.91. The van der Waals surface area contributed by atoms with Crippen molar-refractivity contribution in [3.8, 4) is 0 Å². The number of hydrogen-bond donors (Lipinski definition) is 2. The van der Waals surface area contributed by atoms with E-state index in [4.69, 9.17) is 4.74 Å². The van der Waals surface area contributed by atoms with E-state index in [0.717, 1.165) is 11.3 Å². The van der Waals surface area contributed by atoms with Gasteiger partial charge < -0.3 is 4.74 Å². The molecule has 2 N–H and O–H groups in total. The number of nitrogens with one attached hydrogen (secondary N) is 2. The van der Waals surface area contributed by atoms with E-state index in [1.165, 1.54) is 0 Å². The number of carbonyl (C=O) groups is 1. The van der Waals surface area contributed by atoms with E-state index in [-0.39, 0.29) is 12.5 Å². The molecular weight excluding hydrogens is 300 g/mol. The van der Waals surface area contributed by atoms with Crippen LogP contribution in [-0.2, 0) is 14.9 Å². The van der Waals surface area contributed by atoms with E-state index < -0.39 is 16.2 Å². The Bertz CT molecular complexity index is 564. The van der Waals surface area contributed by atoms with Crippen molar-refractivity contribution in [2.75, 3.05) is 17.9 Å². The van der Waals surface area contributed by atoms with Gasteiger partial charge in [0.25, 0.3) is 10.2 Å². The van der Waals surface area contributed by atoms with E-state index in [9.17, 15) is 13.2 Å². The number of carbonyl (C=O) groups excluding carboxylic acids is 1. The summed E-state index contributed by atoms with van der Waals surface area (Å²) in [6.07, 6.45) is 0. The van der Waals surface area contributed by atoms with E-state index in [1.54, 1.807) is 19.9 Å². The summed E-state index contributed by atoms with van der Waals surface area (Å²) in [5, 5.41) is 0.391. The Morgan fingerprint density at radius 3 is 2.65 bits per heavy atom. The van der Waals surface area contributed by atoms with Crippen LogP contribution < -0.4 is 9.44 Å². The number of rotatable bonds is 7. The molecule has 1 aromatic rings. The van der Waals surface area contributed by atoms with Crippen molar-refractivity contribution in [3.63, 3.8) is 0 Å². The molecule has 1 heterocycles. The second-order valence-corrected chi connectivity index (χ2v) is 7.24. The number of esters is 1. The highest BCUT2D eigenvalue weighted by Crippen LogP contribution is 2.27. The first-order chi connectivity index (χ1) is 9.25. The Kier molecular flexibility index (Phi) is 5.97. The van der Waals surface area contributed by atoms with Gasteiger partial charge in [0.05, 0.1) is 6.61 Å². The highest BCUT2D eigenvalue weighted by Gasteiger charge is 2.17. The Balaban J connectivity index is 2.79. The summed E-state index contributed by atoms with van der Waals surface area (Å²) in [6, 6.07) is 1.62. The summed E-state index contributed by atoms with van der Waals surface area (Å²) in [6.45, 7) is 7.92. The standard InChI is InChI=1S/C12H20N2O4S2/c1-5-18-12(15)11-9(4)6-10(19-11)14-20(16,17)13-7-8(2)3/h6,8,13-14H,5,7H2,1-4H3. The van der Waals surface area contributed by atoms with E-state index >= 15 is 0 Å². The molecule has 20 heavy (non-hydrogen) atoms. The third-order valence-electron chi connectivity index (χ3n) is 2.30. The Labute approximate surface area is 123 Å². The predicted molar refractivity (Wildman–Crippen MR) is 80.4 cm³/mol. The van der Waals surface area contributed by atoms with E-state index in [1.807, 2.05) is 13.8 Å². The van der Waals surface area contributed by atoms with Crippen molar-refractivity contribution >= 4 is 32.5 Å². The number of ether oxygens (including phenoxy) is 1. The molecule has 0 atom stereocenters. The molecule has 114 valence electrons. The van der Waals surface area contributed by atoms with Gasteiger partial charge in [-0.15, -0.1) is 11.3 Å². The monoisotopic (exact) mass is 320 g/mol. The molecule has 0 saturated carbocycles. The lowest BCUT2D eigenvalue weighted by molar-refractivity contribution is 0.0531.